The van der Waals surface area contributed by atoms with Crippen molar-refractivity contribution in [2.24, 2.45) is 0 Å². The fourth-order valence-electron chi connectivity index (χ4n) is 4.73. The first-order valence-electron chi connectivity index (χ1n) is 10.5. The first-order chi connectivity index (χ1) is 12.4. The molecule has 3 fully saturated rings. The second-order valence-corrected chi connectivity index (χ2v) is 7.97. The number of nitrogens with zero attached hydrogens (tertiary/aromatic N) is 5. The zero-order valence-electron chi connectivity index (χ0n) is 15.6. The van der Waals surface area contributed by atoms with E-state index in [0.717, 1.165) is 37.8 Å². The Labute approximate surface area is 152 Å². The van der Waals surface area contributed by atoms with E-state index in [1.54, 1.807) is 6.33 Å². The van der Waals surface area contributed by atoms with Gasteiger partial charge in [-0.25, -0.2) is 9.97 Å². The largest absolute Gasteiger partial charge is 0.356 e. The lowest BCUT2D eigenvalue weighted by molar-refractivity contribution is 0.182. The van der Waals surface area contributed by atoms with Crippen molar-refractivity contribution in [1.82, 2.24) is 14.9 Å². The highest BCUT2D eigenvalue weighted by molar-refractivity contribution is 5.50. The van der Waals surface area contributed by atoms with Gasteiger partial charge in [-0.3, -0.25) is 4.90 Å². The highest BCUT2D eigenvalue weighted by Gasteiger charge is 2.27. The van der Waals surface area contributed by atoms with E-state index in [1.807, 2.05) is 0 Å². The highest BCUT2D eigenvalue weighted by atomic mass is 15.3. The molecule has 0 aliphatic carbocycles. The number of hydrogen-bond acceptors (Lipinski definition) is 5. The fourth-order valence-corrected chi connectivity index (χ4v) is 4.73. The lowest BCUT2D eigenvalue weighted by Gasteiger charge is -2.39. The monoisotopic (exact) mass is 343 g/mol. The average molecular weight is 344 g/mol. The average Bonchev–Trinajstić information content (AvgIpc) is 2.98. The number of piperidine rings is 2. The number of rotatable bonds is 3. The molecular weight excluding hydrogens is 310 g/mol. The van der Waals surface area contributed by atoms with E-state index in [-0.39, 0.29) is 0 Å². The van der Waals surface area contributed by atoms with Gasteiger partial charge < -0.3 is 9.80 Å². The van der Waals surface area contributed by atoms with Crippen LogP contribution in [0.5, 0.6) is 0 Å². The predicted molar refractivity (Wildman–Crippen MR) is 103 cm³/mol. The number of hydrogen-bond donors (Lipinski definition) is 0. The summed E-state index contributed by atoms with van der Waals surface area (Å²) in [6, 6.07) is 2.94. The quantitative estimate of drug-likeness (QED) is 0.841. The third kappa shape index (κ3) is 4.25. The molecule has 5 nitrogen and oxygen atoms in total. The molecule has 4 rings (SSSR count). The summed E-state index contributed by atoms with van der Waals surface area (Å²) in [4.78, 5) is 16.9. The molecule has 138 valence electrons. The summed E-state index contributed by atoms with van der Waals surface area (Å²) < 4.78 is 0. The molecule has 1 unspecified atom stereocenters. The van der Waals surface area contributed by atoms with Crippen LogP contribution in [-0.4, -0.2) is 60.2 Å². The fraction of sp³-hybridized carbons (Fsp3) is 0.800. The third-order valence-corrected chi connectivity index (χ3v) is 6.20. The Bertz CT molecular complexity index is 535. The first-order valence-corrected chi connectivity index (χ1v) is 10.5. The minimum atomic E-state index is 0.709. The summed E-state index contributed by atoms with van der Waals surface area (Å²) in [5.41, 5.74) is 0. The number of aromatic nitrogens is 2. The van der Waals surface area contributed by atoms with Gasteiger partial charge in [-0.05, 0) is 58.0 Å². The Balaban J connectivity index is 1.43. The van der Waals surface area contributed by atoms with E-state index in [2.05, 4.69) is 30.7 Å². The molecule has 0 aromatic carbocycles. The molecule has 0 N–H and O–H groups in total. The maximum Gasteiger partial charge on any atom is 0.134 e. The zero-order chi connectivity index (χ0) is 16.9. The van der Waals surface area contributed by atoms with Crippen LogP contribution in [0.1, 0.15) is 57.8 Å². The summed E-state index contributed by atoms with van der Waals surface area (Å²) >= 11 is 0. The lowest BCUT2D eigenvalue weighted by Crippen LogP contribution is -2.48. The normalized spacial score (nSPS) is 26.5. The highest BCUT2D eigenvalue weighted by Crippen LogP contribution is 2.26. The second kappa shape index (κ2) is 8.35. The molecule has 5 heteroatoms. The Morgan fingerprint density at radius 3 is 2.04 bits per heavy atom. The minimum Gasteiger partial charge on any atom is -0.356 e. The third-order valence-electron chi connectivity index (χ3n) is 6.20. The Morgan fingerprint density at radius 1 is 0.680 bits per heavy atom. The summed E-state index contributed by atoms with van der Waals surface area (Å²) in [5.74, 6) is 2.26. The topological polar surface area (TPSA) is 35.5 Å². The van der Waals surface area contributed by atoms with Crippen LogP contribution < -0.4 is 9.80 Å². The van der Waals surface area contributed by atoms with E-state index < -0.39 is 0 Å². The molecule has 25 heavy (non-hydrogen) atoms. The molecule has 1 atom stereocenters. The number of likely N-dealkylation sites (tertiary alicyclic amines) is 1. The molecule has 3 aliphatic heterocycles. The van der Waals surface area contributed by atoms with Crippen molar-refractivity contribution >= 4 is 11.6 Å². The first kappa shape index (κ1) is 17.1. The molecule has 0 bridgehead atoms. The van der Waals surface area contributed by atoms with Crippen molar-refractivity contribution in [3.05, 3.63) is 12.4 Å². The van der Waals surface area contributed by atoms with Gasteiger partial charge in [0.1, 0.15) is 18.0 Å². The molecular formula is C20H33N5. The molecule has 0 radical (unpaired) electrons. The lowest BCUT2D eigenvalue weighted by atomic mass is 10.0. The molecule has 0 spiro atoms. The van der Waals surface area contributed by atoms with Gasteiger partial charge in [0.25, 0.3) is 0 Å². The smallest absolute Gasteiger partial charge is 0.134 e. The van der Waals surface area contributed by atoms with Gasteiger partial charge in [0.05, 0.1) is 0 Å². The standard InChI is InChI=1S/C20H33N5/c1-2-5-11-23(10-4-1)18-9-8-14-25(16-18)20-15-19(21-17-22-20)24-12-6-3-7-13-24/h15,17-18H,1-14,16H2. The Hall–Kier alpha value is -1.36. The van der Waals surface area contributed by atoms with Crippen LogP contribution in [0.25, 0.3) is 0 Å². The van der Waals surface area contributed by atoms with Gasteiger partial charge >= 0.3 is 0 Å². The van der Waals surface area contributed by atoms with Gasteiger partial charge in [-0.15, -0.1) is 0 Å². The predicted octanol–water partition coefficient (Wildman–Crippen LogP) is 3.31. The van der Waals surface area contributed by atoms with Crippen LogP contribution in [0.2, 0.25) is 0 Å². The van der Waals surface area contributed by atoms with Gasteiger partial charge in [0, 0.05) is 38.3 Å². The van der Waals surface area contributed by atoms with Gasteiger partial charge in [-0.1, -0.05) is 12.8 Å². The summed E-state index contributed by atoms with van der Waals surface area (Å²) in [5, 5.41) is 0. The van der Waals surface area contributed by atoms with Crippen molar-refractivity contribution < 1.29 is 0 Å². The molecule has 3 saturated heterocycles. The van der Waals surface area contributed by atoms with Crippen molar-refractivity contribution in [3.8, 4) is 0 Å². The maximum absolute atomic E-state index is 4.63. The molecule has 3 aliphatic rings. The Morgan fingerprint density at radius 2 is 1.28 bits per heavy atom. The van der Waals surface area contributed by atoms with Crippen molar-refractivity contribution in [2.75, 3.05) is 49.1 Å². The van der Waals surface area contributed by atoms with Crippen LogP contribution in [0, 0.1) is 0 Å². The second-order valence-electron chi connectivity index (χ2n) is 7.97. The van der Waals surface area contributed by atoms with E-state index in [4.69, 9.17) is 0 Å². The zero-order valence-corrected chi connectivity index (χ0v) is 15.6. The van der Waals surface area contributed by atoms with E-state index in [9.17, 15) is 0 Å². The van der Waals surface area contributed by atoms with Crippen molar-refractivity contribution in [3.63, 3.8) is 0 Å². The SMILES string of the molecule is c1nc(N2CCCCC2)cc(N2CCCC(N3CCCCCC3)C2)n1. The summed E-state index contributed by atoms with van der Waals surface area (Å²) in [6.45, 7) is 7.15. The minimum absolute atomic E-state index is 0.709. The van der Waals surface area contributed by atoms with Gasteiger partial charge in [0.15, 0.2) is 0 Å². The van der Waals surface area contributed by atoms with Crippen molar-refractivity contribution in [2.45, 2.75) is 63.8 Å². The van der Waals surface area contributed by atoms with Crippen LogP contribution in [0.4, 0.5) is 11.6 Å². The molecule has 0 amide bonds. The summed E-state index contributed by atoms with van der Waals surface area (Å²) in [6.07, 6.45) is 13.9. The molecule has 1 aromatic rings. The number of anilines is 2. The van der Waals surface area contributed by atoms with Crippen molar-refractivity contribution in [1.29, 1.82) is 0 Å². The Kier molecular flexibility index (Phi) is 5.70. The van der Waals surface area contributed by atoms with E-state index in [1.165, 1.54) is 70.9 Å². The molecule has 0 saturated carbocycles. The summed E-state index contributed by atoms with van der Waals surface area (Å²) in [7, 11) is 0. The van der Waals surface area contributed by atoms with Crippen LogP contribution >= 0.6 is 0 Å². The van der Waals surface area contributed by atoms with Gasteiger partial charge in [-0.2, -0.15) is 0 Å². The van der Waals surface area contributed by atoms with Crippen LogP contribution in [0.3, 0.4) is 0 Å². The van der Waals surface area contributed by atoms with Crippen LogP contribution in [0.15, 0.2) is 12.4 Å². The molecule has 1 aromatic heterocycles. The molecule has 4 heterocycles. The van der Waals surface area contributed by atoms with E-state index in [0.29, 0.717) is 6.04 Å². The van der Waals surface area contributed by atoms with E-state index >= 15 is 0 Å². The van der Waals surface area contributed by atoms with Gasteiger partial charge in [0.2, 0.25) is 0 Å². The maximum atomic E-state index is 4.63. The van der Waals surface area contributed by atoms with Crippen LogP contribution in [-0.2, 0) is 0 Å².